The summed E-state index contributed by atoms with van der Waals surface area (Å²) in [6.45, 7) is 11.2. The van der Waals surface area contributed by atoms with E-state index >= 15 is 0 Å². The van der Waals surface area contributed by atoms with Gasteiger partial charge in [0.2, 0.25) is 0 Å². The molecule has 200 valence electrons. The molecule has 1 aliphatic rings. The third-order valence-corrected chi connectivity index (χ3v) is 7.55. The van der Waals surface area contributed by atoms with Gasteiger partial charge in [0.1, 0.15) is 5.75 Å². The highest BCUT2D eigenvalue weighted by molar-refractivity contribution is 6.11. The second-order valence-corrected chi connectivity index (χ2v) is 11.1. The molecule has 3 aromatic rings. The second-order valence-electron chi connectivity index (χ2n) is 11.1. The molecule has 0 radical (unpaired) electrons. The Labute approximate surface area is 228 Å². The first-order chi connectivity index (χ1) is 18.2. The number of para-hydroxylation sites is 1. The lowest BCUT2D eigenvalue weighted by atomic mass is 9.97. The molecule has 1 heterocycles. The molecule has 0 unspecified atom stereocenters. The van der Waals surface area contributed by atoms with Gasteiger partial charge in [-0.3, -0.25) is 9.69 Å². The van der Waals surface area contributed by atoms with Crippen molar-refractivity contribution in [3.05, 3.63) is 89.5 Å². The van der Waals surface area contributed by atoms with Gasteiger partial charge in [-0.1, -0.05) is 54.6 Å². The van der Waals surface area contributed by atoms with Gasteiger partial charge in [-0.25, -0.2) is 0 Å². The van der Waals surface area contributed by atoms with Crippen molar-refractivity contribution in [3.8, 4) is 16.9 Å². The van der Waals surface area contributed by atoms with Gasteiger partial charge in [0.25, 0.3) is 0 Å². The lowest BCUT2D eigenvalue weighted by molar-refractivity contribution is 0.104. The van der Waals surface area contributed by atoms with Gasteiger partial charge in [0.15, 0.2) is 5.78 Å². The van der Waals surface area contributed by atoms with Gasteiger partial charge in [-0.15, -0.1) is 0 Å². The molecule has 1 saturated heterocycles. The molecule has 0 atom stereocenters. The van der Waals surface area contributed by atoms with Crippen molar-refractivity contribution in [1.29, 1.82) is 0 Å². The molecule has 1 fully saturated rings. The molecule has 3 aromatic carbocycles. The molecule has 0 N–H and O–H groups in total. The topological polar surface area (TPSA) is 36.0 Å². The lowest BCUT2D eigenvalue weighted by Crippen LogP contribution is -2.45. The van der Waals surface area contributed by atoms with E-state index in [1.54, 1.807) is 13.2 Å². The summed E-state index contributed by atoms with van der Waals surface area (Å²) in [5.41, 5.74) is 6.13. The van der Waals surface area contributed by atoms with Crippen LogP contribution in [0.25, 0.3) is 17.2 Å². The minimum absolute atomic E-state index is 0.0180. The summed E-state index contributed by atoms with van der Waals surface area (Å²) in [7, 11) is 5.98. The smallest absolute Gasteiger partial charge is 0.187 e. The van der Waals surface area contributed by atoms with Crippen molar-refractivity contribution in [1.82, 2.24) is 9.80 Å². The molecule has 0 saturated carbocycles. The van der Waals surface area contributed by atoms with Gasteiger partial charge in [0.05, 0.1) is 7.11 Å². The highest BCUT2D eigenvalue weighted by atomic mass is 16.5. The Morgan fingerprint density at radius 3 is 2.37 bits per heavy atom. The lowest BCUT2D eigenvalue weighted by Gasteiger charge is -2.35. The SMILES string of the molecule is COc1ccccc1-c1ccc(C(=O)C=Cc2ccccc2CN(C)C(C)(C)C)c(N2CCN(C)CC2)c1. The van der Waals surface area contributed by atoms with E-state index in [1.165, 1.54) is 5.56 Å². The highest BCUT2D eigenvalue weighted by Gasteiger charge is 2.21. The number of benzene rings is 3. The number of likely N-dealkylation sites (N-methyl/N-ethyl adjacent to an activating group) is 1. The number of hydrogen-bond acceptors (Lipinski definition) is 5. The van der Waals surface area contributed by atoms with Crippen LogP contribution in [0.4, 0.5) is 5.69 Å². The zero-order valence-corrected chi connectivity index (χ0v) is 23.7. The number of nitrogens with zero attached hydrogens (tertiary/aromatic N) is 3. The molecule has 0 aliphatic carbocycles. The summed E-state index contributed by atoms with van der Waals surface area (Å²) < 4.78 is 5.62. The van der Waals surface area contributed by atoms with E-state index < -0.39 is 0 Å². The summed E-state index contributed by atoms with van der Waals surface area (Å²) in [5.74, 6) is 0.845. The third-order valence-electron chi connectivity index (χ3n) is 7.55. The van der Waals surface area contributed by atoms with Crippen LogP contribution in [0.5, 0.6) is 5.75 Å². The van der Waals surface area contributed by atoms with Gasteiger partial charge in [0, 0.05) is 55.1 Å². The van der Waals surface area contributed by atoms with Crippen LogP contribution in [-0.4, -0.2) is 68.5 Å². The quantitative estimate of drug-likeness (QED) is 0.264. The first-order valence-corrected chi connectivity index (χ1v) is 13.4. The number of carbonyl (C=O) groups excluding carboxylic acids is 1. The zero-order chi connectivity index (χ0) is 27.3. The number of rotatable bonds is 8. The predicted octanol–water partition coefficient (Wildman–Crippen LogP) is 6.24. The molecular formula is C33H41N3O2. The molecule has 0 spiro atoms. The third kappa shape index (κ3) is 6.53. The fourth-order valence-electron chi connectivity index (χ4n) is 4.69. The van der Waals surface area contributed by atoms with Gasteiger partial charge < -0.3 is 14.5 Å². The minimum atomic E-state index is 0.0180. The average Bonchev–Trinajstić information content (AvgIpc) is 2.92. The molecule has 4 rings (SSSR count). The number of hydrogen-bond donors (Lipinski definition) is 0. The maximum Gasteiger partial charge on any atom is 0.187 e. The maximum absolute atomic E-state index is 13.7. The van der Waals surface area contributed by atoms with E-state index in [0.29, 0.717) is 0 Å². The Morgan fingerprint density at radius 1 is 0.974 bits per heavy atom. The normalized spacial score (nSPS) is 14.9. The van der Waals surface area contributed by atoms with Crippen LogP contribution in [0, 0.1) is 0 Å². The van der Waals surface area contributed by atoms with E-state index in [-0.39, 0.29) is 11.3 Å². The fourth-order valence-corrected chi connectivity index (χ4v) is 4.69. The van der Waals surface area contributed by atoms with E-state index in [0.717, 1.165) is 66.4 Å². The summed E-state index contributed by atoms with van der Waals surface area (Å²) in [5, 5.41) is 0. The number of ether oxygens (including phenoxy) is 1. The first kappa shape index (κ1) is 27.6. The number of ketones is 1. The number of carbonyl (C=O) groups is 1. The second kappa shape index (κ2) is 12.0. The van der Waals surface area contributed by atoms with Crippen LogP contribution in [-0.2, 0) is 6.54 Å². The van der Waals surface area contributed by atoms with Gasteiger partial charge in [-0.2, -0.15) is 0 Å². The largest absolute Gasteiger partial charge is 0.496 e. The summed E-state index contributed by atoms with van der Waals surface area (Å²) in [6.07, 6.45) is 3.70. The van der Waals surface area contributed by atoms with Crippen LogP contribution < -0.4 is 9.64 Å². The zero-order valence-electron chi connectivity index (χ0n) is 23.7. The van der Waals surface area contributed by atoms with Crippen LogP contribution in [0.3, 0.4) is 0 Å². The monoisotopic (exact) mass is 511 g/mol. The Kier molecular flexibility index (Phi) is 8.70. The standard InChI is InChI=1S/C33H41N3O2/c1-33(2,3)35(5)24-27-12-8-7-11-25(27)16-18-31(37)29-17-15-26(28-13-9-10-14-32(28)38-6)23-30(29)36-21-19-34(4)20-22-36/h7-18,23H,19-22,24H2,1-6H3. The van der Waals surface area contributed by atoms with Crippen molar-refractivity contribution in [3.63, 3.8) is 0 Å². The van der Waals surface area contributed by atoms with E-state index in [1.807, 2.05) is 42.5 Å². The molecule has 0 aromatic heterocycles. The Bertz CT molecular complexity index is 1280. The predicted molar refractivity (Wildman–Crippen MR) is 159 cm³/mol. The van der Waals surface area contributed by atoms with Crippen LogP contribution >= 0.6 is 0 Å². The molecule has 5 nitrogen and oxygen atoms in total. The molecule has 1 aliphatic heterocycles. The van der Waals surface area contributed by atoms with Crippen molar-refractivity contribution >= 4 is 17.5 Å². The Balaban J connectivity index is 1.67. The summed E-state index contributed by atoms with van der Waals surface area (Å²) >= 11 is 0. The van der Waals surface area contributed by atoms with Crippen molar-refractivity contribution in [2.45, 2.75) is 32.9 Å². The van der Waals surface area contributed by atoms with E-state index in [2.05, 4.69) is 79.9 Å². The number of anilines is 1. The highest BCUT2D eigenvalue weighted by Crippen LogP contribution is 2.34. The average molecular weight is 512 g/mol. The van der Waals surface area contributed by atoms with Gasteiger partial charge in [-0.05, 0) is 75.8 Å². The minimum Gasteiger partial charge on any atom is -0.496 e. The fraction of sp³-hybridized carbons (Fsp3) is 0.364. The Hall–Kier alpha value is -3.41. The summed E-state index contributed by atoms with van der Waals surface area (Å²) in [4.78, 5) is 20.6. The molecule has 5 heteroatoms. The van der Waals surface area contributed by atoms with E-state index in [9.17, 15) is 4.79 Å². The first-order valence-electron chi connectivity index (χ1n) is 13.4. The van der Waals surface area contributed by atoms with E-state index in [4.69, 9.17) is 4.74 Å². The number of allylic oxidation sites excluding steroid dienone is 1. The van der Waals surface area contributed by atoms with Crippen molar-refractivity contribution in [2.75, 3.05) is 52.3 Å². The van der Waals surface area contributed by atoms with Crippen LogP contribution in [0.2, 0.25) is 0 Å². The van der Waals surface area contributed by atoms with Crippen LogP contribution in [0.15, 0.2) is 72.8 Å². The number of piperazine rings is 1. The summed E-state index contributed by atoms with van der Waals surface area (Å²) in [6, 6.07) is 22.5. The molecule has 0 bridgehead atoms. The molecule has 38 heavy (non-hydrogen) atoms. The van der Waals surface area contributed by atoms with Gasteiger partial charge >= 0.3 is 0 Å². The van der Waals surface area contributed by atoms with Crippen molar-refractivity contribution < 1.29 is 9.53 Å². The Morgan fingerprint density at radius 2 is 1.66 bits per heavy atom. The molecular weight excluding hydrogens is 470 g/mol. The number of methoxy groups -OCH3 is 1. The van der Waals surface area contributed by atoms with Crippen LogP contribution in [0.1, 0.15) is 42.3 Å². The maximum atomic E-state index is 13.7. The molecule has 0 amide bonds. The van der Waals surface area contributed by atoms with Crippen molar-refractivity contribution in [2.24, 2.45) is 0 Å².